The third-order valence-corrected chi connectivity index (χ3v) is 4.50. The highest BCUT2D eigenvalue weighted by molar-refractivity contribution is 6.03. The monoisotopic (exact) mass is 348 g/mol. The standard InChI is InChI=1S/C20H20N4O2/c1-24-19(13-16(23-24)18-8-5-11-26-18)22-20(25)17-12-15(9-10-21-17)14-6-3-2-4-7-14/h2-4,6-7,9-10,12-13,18H,5,8,11H2,1H3,(H,22,25). The fourth-order valence-corrected chi connectivity index (χ4v) is 3.12. The normalized spacial score (nSPS) is 16.6. The average molecular weight is 348 g/mol. The van der Waals surface area contributed by atoms with E-state index in [2.05, 4.69) is 15.4 Å². The third-order valence-electron chi connectivity index (χ3n) is 4.50. The Balaban J connectivity index is 1.53. The number of anilines is 1. The first-order valence-electron chi connectivity index (χ1n) is 8.69. The summed E-state index contributed by atoms with van der Waals surface area (Å²) in [5, 5.41) is 7.35. The van der Waals surface area contributed by atoms with Crippen molar-refractivity contribution >= 4 is 11.7 Å². The number of aromatic nitrogens is 3. The van der Waals surface area contributed by atoms with Crippen LogP contribution in [0.15, 0.2) is 54.7 Å². The summed E-state index contributed by atoms with van der Waals surface area (Å²) >= 11 is 0. The lowest BCUT2D eigenvalue weighted by Crippen LogP contribution is -2.15. The van der Waals surface area contributed by atoms with Gasteiger partial charge in [0.05, 0.1) is 5.69 Å². The molecule has 1 aliphatic heterocycles. The van der Waals surface area contributed by atoms with Gasteiger partial charge in [0.2, 0.25) is 0 Å². The second-order valence-corrected chi connectivity index (χ2v) is 6.33. The molecule has 0 radical (unpaired) electrons. The number of nitrogens with zero attached hydrogens (tertiary/aromatic N) is 3. The van der Waals surface area contributed by atoms with E-state index in [0.29, 0.717) is 11.5 Å². The van der Waals surface area contributed by atoms with E-state index in [0.717, 1.165) is 36.3 Å². The molecular weight excluding hydrogens is 328 g/mol. The van der Waals surface area contributed by atoms with E-state index >= 15 is 0 Å². The third kappa shape index (κ3) is 3.36. The lowest BCUT2D eigenvalue weighted by molar-refractivity contribution is 0.102. The van der Waals surface area contributed by atoms with Crippen molar-refractivity contribution in [2.75, 3.05) is 11.9 Å². The number of hydrogen-bond donors (Lipinski definition) is 1. The summed E-state index contributed by atoms with van der Waals surface area (Å²) in [5.41, 5.74) is 3.22. The number of aryl methyl sites for hydroxylation is 1. The first-order chi connectivity index (χ1) is 12.7. The fourth-order valence-electron chi connectivity index (χ4n) is 3.12. The number of pyridine rings is 1. The average Bonchev–Trinajstić information content (AvgIpc) is 3.33. The second-order valence-electron chi connectivity index (χ2n) is 6.33. The van der Waals surface area contributed by atoms with Crippen molar-refractivity contribution in [3.63, 3.8) is 0 Å². The van der Waals surface area contributed by atoms with Crippen LogP contribution >= 0.6 is 0 Å². The highest BCUT2D eigenvalue weighted by Crippen LogP contribution is 2.29. The summed E-state index contributed by atoms with van der Waals surface area (Å²) in [7, 11) is 1.81. The van der Waals surface area contributed by atoms with Gasteiger partial charge in [0.25, 0.3) is 5.91 Å². The molecule has 1 atom stereocenters. The van der Waals surface area contributed by atoms with Crippen molar-refractivity contribution in [3.05, 3.63) is 66.1 Å². The van der Waals surface area contributed by atoms with Gasteiger partial charge in [-0.15, -0.1) is 0 Å². The zero-order chi connectivity index (χ0) is 17.9. The number of carbonyl (C=O) groups is 1. The summed E-state index contributed by atoms with van der Waals surface area (Å²) in [6.07, 6.45) is 3.68. The molecule has 6 heteroatoms. The van der Waals surface area contributed by atoms with Crippen LogP contribution in [-0.4, -0.2) is 27.3 Å². The Kier molecular flexibility index (Phi) is 4.50. The van der Waals surface area contributed by atoms with Crippen molar-refractivity contribution < 1.29 is 9.53 Å². The van der Waals surface area contributed by atoms with Gasteiger partial charge in [0.15, 0.2) is 0 Å². The number of ether oxygens (including phenoxy) is 1. The predicted octanol–water partition coefficient (Wildman–Crippen LogP) is 3.59. The molecule has 6 nitrogen and oxygen atoms in total. The van der Waals surface area contributed by atoms with E-state index in [-0.39, 0.29) is 12.0 Å². The van der Waals surface area contributed by atoms with E-state index < -0.39 is 0 Å². The van der Waals surface area contributed by atoms with Crippen LogP contribution in [0.2, 0.25) is 0 Å². The van der Waals surface area contributed by atoms with E-state index in [4.69, 9.17) is 4.74 Å². The molecule has 1 aliphatic rings. The van der Waals surface area contributed by atoms with Gasteiger partial charge in [-0.2, -0.15) is 5.10 Å². The van der Waals surface area contributed by atoms with Crippen molar-refractivity contribution in [1.82, 2.24) is 14.8 Å². The van der Waals surface area contributed by atoms with Gasteiger partial charge < -0.3 is 10.1 Å². The molecule has 0 spiro atoms. The van der Waals surface area contributed by atoms with Crippen LogP contribution < -0.4 is 5.32 Å². The van der Waals surface area contributed by atoms with Gasteiger partial charge in [-0.25, -0.2) is 0 Å². The molecule has 1 fully saturated rings. The van der Waals surface area contributed by atoms with Crippen molar-refractivity contribution in [3.8, 4) is 11.1 Å². The first-order valence-corrected chi connectivity index (χ1v) is 8.69. The smallest absolute Gasteiger partial charge is 0.275 e. The molecule has 132 valence electrons. The van der Waals surface area contributed by atoms with Crippen LogP contribution in [0, 0.1) is 0 Å². The van der Waals surface area contributed by atoms with E-state index in [1.807, 2.05) is 49.5 Å². The minimum atomic E-state index is -0.260. The Morgan fingerprint density at radius 3 is 2.81 bits per heavy atom. The molecular formula is C20H20N4O2. The lowest BCUT2D eigenvalue weighted by atomic mass is 10.1. The van der Waals surface area contributed by atoms with Crippen LogP contribution in [0.1, 0.15) is 35.1 Å². The maximum Gasteiger partial charge on any atom is 0.275 e. The topological polar surface area (TPSA) is 69.0 Å². The van der Waals surface area contributed by atoms with Gasteiger partial charge in [-0.3, -0.25) is 14.5 Å². The van der Waals surface area contributed by atoms with Crippen molar-refractivity contribution in [2.24, 2.45) is 7.05 Å². The summed E-state index contributed by atoms with van der Waals surface area (Å²) in [5.74, 6) is 0.372. The SMILES string of the molecule is Cn1nc(C2CCCO2)cc1NC(=O)c1cc(-c2ccccc2)ccn1. The molecule has 1 N–H and O–H groups in total. The molecule has 2 aromatic heterocycles. The van der Waals surface area contributed by atoms with Crippen molar-refractivity contribution in [2.45, 2.75) is 18.9 Å². The maximum atomic E-state index is 12.6. The zero-order valence-corrected chi connectivity index (χ0v) is 14.6. The Morgan fingerprint density at radius 2 is 2.04 bits per heavy atom. The molecule has 4 rings (SSSR count). The molecule has 1 saturated heterocycles. The number of amides is 1. The maximum absolute atomic E-state index is 12.6. The van der Waals surface area contributed by atoms with Crippen LogP contribution in [0.5, 0.6) is 0 Å². The first kappa shape index (κ1) is 16.5. The highest BCUT2D eigenvalue weighted by Gasteiger charge is 2.22. The summed E-state index contributed by atoms with van der Waals surface area (Å²) in [4.78, 5) is 16.8. The second kappa shape index (κ2) is 7.09. The van der Waals surface area contributed by atoms with Crippen LogP contribution in [0.3, 0.4) is 0 Å². The molecule has 0 saturated carbocycles. The Morgan fingerprint density at radius 1 is 1.19 bits per heavy atom. The number of benzene rings is 1. The number of rotatable bonds is 4. The zero-order valence-electron chi connectivity index (χ0n) is 14.6. The van der Waals surface area contributed by atoms with Gasteiger partial charge >= 0.3 is 0 Å². The van der Waals surface area contributed by atoms with Crippen molar-refractivity contribution in [1.29, 1.82) is 0 Å². The molecule has 3 aromatic rings. The Hall–Kier alpha value is -2.99. The predicted molar refractivity (Wildman–Crippen MR) is 98.8 cm³/mol. The van der Waals surface area contributed by atoms with Gasteiger partial charge in [-0.05, 0) is 36.1 Å². The van der Waals surface area contributed by atoms with E-state index in [1.54, 1.807) is 16.9 Å². The van der Waals surface area contributed by atoms with Gasteiger partial charge in [0.1, 0.15) is 17.6 Å². The Labute approximate surface area is 151 Å². The lowest BCUT2D eigenvalue weighted by Gasteiger charge is -2.06. The van der Waals surface area contributed by atoms with Crippen LogP contribution in [-0.2, 0) is 11.8 Å². The largest absolute Gasteiger partial charge is 0.372 e. The Bertz CT molecular complexity index is 915. The van der Waals surface area contributed by atoms with Crippen LogP contribution in [0.4, 0.5) is 5.82 Å². The molecule has 1 aromatic carbocycles. The summed E-state index contributed by atoms with van der Waals surface area (Å²) in [6.45, 7) is 0.763. The molecule has 1 amide bonds. The fraction of sp³-hybridized carbons (Fsp3) is 0.250. The van der Waals surface area contributed by atoms with Gasteiger partial charge in [0, 0.05) is 25.9 Å². The van der Waals surface area contributed by atoms with E-state index in [9.17, 15) is 4.79 Å². The molecule has 0 aliphatic carbocycles. The molecule has 0 bridgehead atoms. The summed E-state index contributed by atoms with van der Waals surface area (Å²) in [6, 6.07) is 15.5. The summed E-state index contributed by atoms with van der Waals surface area (Å²) < 4.78 is 7.32. The number of carbonyl (C=O) groups excluding carboxylic acids is 1. The molecule has 26 heavy (non-hydrogen) atoms. The minimum Gasteiger partial charge on any atom is -0.372 e. The quantitative estimate of drug-likeness (QED) is 0.782. The highest BCUT2D eigenvalue weighted by atomic mass is 16.5. The molecule has 1 unspecified atom stereocenters. The van der Waals surface area contributed by atoms with E-state index in [1.165, 1.54) is 0 Å². The number of hydrogen-bond acceptors (Lipinski definition) is 4. The minimum absolute atomic E-state index is 0.0198. The number of nitrogens with one attached hydrogen (secondary N) is 1. The van der Waals surface area contributed by atoms with Crippen LogP contribution in [0.25, 0.3) is 11.1 Å². The van der Waals surface area contributed by atoms with Gasteiger partial charge in [-0.1, -0.05) is 30.3 Å². The molecule has 3 heterocycles.